The molecular formula is C13H19ClF2N2. The highest BCUT2D eigenvalue weighted by Crippen LogP contribution is 2.19. The first-order valence-electron chi connectivity index (χ1n) is 5.98. The summed E-state index contributed by atoms with van der Waals surface area (Å²) >= 11 is 0. The molecule has 102 valence electrons. The Balaban J connectivity index is 0.00000162. The predicted molar refractivity (Wildman–Crippen MR) is 70.6 cm³/mol. The summed E-state index contributed by atoms with van der Waals surface area (Å²) in [6.45, 7) is 4.39. The lowest BCUT2D eigenvalue weighted by Crippen LogP contribution is -2.45. The van der Waals surface area contributed by atoms with Crippen molar-refractivity contribution in [2.24, 2.45) is 11.7 Å². The zero-order valence-corrected chi connectivity index (χ0v) is 11.2. The minimum atomic E-state index is -0.528. The van der Waals surface area contributed by atoms with E-state index < -0.39 is 11.6 Å². The maximum atomic E-state index is 13.5. The van der Waals surface area contributed by atoms with Crippen LogP contribution >= 0.6 is 12.4 Å². The van der Waals surface area contributed by atoms with E-state index in [0.29, 0.717) is 18.0 Å². The number of likely N-dealkylation sites (tertiary alicyclic amines) is 1. The third kappa shape index (κ3) is 3.64. The second-order valence-corrected chi connectivity index (χ2v) is 4.90. The number of hydrogen-bond donors (Lipinski definition) is 1. The van der Waals surface area contributed by atoms with Crippen LogP contribution in [0, 0.1) is 17.6 Å². The maximum absolute atomic E-state index is 13.5. The summed E-state index contributed by atoms with van der Waals surface area (Å²) in [5, 5.41) is 0. The zero-order chi connectivity index (χ0) is 12.4. The van der Waals surface area contributed by atoms with E-state index in [1.165, 1.54) is 12.1 Å². The molecule has 0 amide bonds. The first kappa shape index (κ1) is 15.3. The molecule has 1 fully saturated rings. The second-order valence-electron chi connectivity index (χ2n) is 4.90. The van der Waals surface area contributed by atoms with Gasteiger partial charge in [0.05, 0.1) is 0 Å². The van der Waals surface area contributed by atoms with Crippen molar-refractivity contribution in [3.05, 3.63) is 35.4 Å². The third-order valence-corrected chi connectivity index (χ3v) is 3.46. The van der Waals surface area contributed by atoms with E-state index in [9.17, 15) is 8.78 Å². The van der Waals surface area contributed by atoms with E-state index in [4.69, 9.17) is 5.73 Å². The van der Waals surface area contributed by atoms with Crippen LogP contribution in [0.15, 0.2) is 18.2 Å². The maximum Gasteiger partial charge on any atom is 0.130 e. The van der Waals surface area contributed by atoms with Gasteiger partial charge in [-0.3, -0.25) is 4.90 Å². The van der Waals surface area contributed by atoms with E-state index in [1.807, 2.05) is 0 Å². The highest BCUT2D eigenvalue weighted by atomic mass is 35.5. The van der Waals surface area contributed by atoms with Crippen LogP contribution < -0.4 is 5.73 Å². The Labute approximate surface area is 113 Å². The molecule has 2 N–H and O–H groups in total. The Morgan fingerprint density at radius 2 is 2.11 bits per heavy atom. The summed E-state index contributed by atoms with van der Waals surface area (Å²) in [5.41, 5.74) is 6.48. The first-order chi connectivity index (χ1) is 8.06. The molecule has 0 radical (unpaired) electrons. The largest absolute Gasteiger partial charge is 0.327 e. The molecule has 2 unspecified atom stereocenters. The van der Waals surface area contributed by atoms with E-state index in [-0.39, 0.29) is 18.4 Å². The molecule has 2 rings (SSSR count). The zero-order valence-electron chi connectivity index (χ0n) is 10.4. The van der Waals surface area contributed by atoms with E-state index in [0.717, 1.165) is 25.6 Å². The van der Waals surface area contributed by atoms with Gasteiger partial charge < -0.3 is 5.73 Å². The van der Waals surface area contributed by atoms with Crippen molar-refractivity contribution in [2.75, 3.05) is 13.1 Å². The van der Waals surface area contributed by atoms with Gasteiger partial charge in [0.1, 0.15) is 11.6 Å². The Kier molecular flexibility index (Phi) is 5.50. The summed E-state index contributed by atoms with van der Waals surface area (Å²) in [4.78, 5) is 2.17. The normalized spacial score (nSPS) is 24.7. The second kappa shape index (κ2) is 6.45. The molecule has 0 aliphatic carbocycles. The number of nitrogens with two attached hydrogens (primary N) is 1. The van der Waals surface area contributed by atoms with Crippen molar-refractivity contribution in [1.29, 1.82) is 0 Å². The number of halogens is 3. The summed E-state index contributed by atoms with van der Waals surface area (Å²) in [5.74, 6) is -0.569. The highest BCUT2D eigenvalue weighted by molar-refractivity contribution is 5.85. The molecular weight excluding hydrogens is 258 g/mol. The van der Waals surface area contributed by atoms with Crippen molar-refractivity contribution in [2.45, 2.75) is 25.9 Å². The molecule has 0 bridgehead atoms. The molecule has 0 saturated carbocycles. The Hall–Kier alpha value is -0.710. The molecule has 18 heavy (non-hydrogen) atoms. The number of benzene rings is 1. The molecule has 2 atom stereocenters. The van der Waals surface area contributed by atoms with E-state index in [1.54, 1.807) is 0 Å². The molecule has 2 nitrogen and oxygen atoms in total. The topological polar surface area (TPSA) is 29.3 Å². The lowest BCUT2D eigenvalue weighted by molar-refractivity contribution is 0.156. The van der Waals surface area contributed by atoms with Gasteiger partial charge in [-0.2, -0.15) is 0 Å². The van der Waals surface area contributed by atoms with Crippen LogP contribution in [0.25, 0.3) is 0 Å². The van der Waals surface area contributed by atoms with Gasteiger partial charge >= 0.3 is 0 Å². The fraction of sp³-hybridized carbons (Fsp3) is 0.538. The van der Waals surface area contributed by atoms with Crippen LogP contribution in [-0.4, -0.2) is 24.0 Å². The SMILES string of the molecule is CC1CN(Cc2ccc(F)cc2F)CCC1N.Cl. The van der Waals surface area contributed by atoms with Gasteiger partial charge in [-0.1, -0.05) is 13.0 Å². The minimum absolute atomic E-state index is 0. The number of rotatable bonds is 2. The van der Waals surface area contributed by atoms with Crippen molar-refractivity contribution < 1.29 is 8.78 Å². The summed E-state index contributed by atoms with van der Waals surface area (Å²) in [6, 6.07) is 4.00. The van der Waals surface area contributed by atoms with Gasteiger partial charge in [0.2, 0.25) is 0 Å². The van der Waals surface area contributed by atoms with Gasteiger partial charge in [-0.15, -0.1) is 12.4 Å². The molecule has 1 heterocycles. The summed E-state index contributed by atoms with van der Waals surface area (Å²) in [7, 11) is 0. The van der Waals surface area contributed by atoms with Crippen LogP contribution in [0.4, 0.5) is 8.78 Å². The van der Waals surface area contributed by atoms with Crippen molar-refractivity contribution in [3.63, 3.8) is 0 Å². The van der Waals surface area contributed by atoms with Crippen molar-refractivity contribution >= 4 is 12.4 Å². The van der Waals surface area contributed by atoms with Crippen molar-refractivity contribution in [3.8, 4) is 0 Å². The molecule has 0 aromatic heterocycles. The standard InChI is InChI=1S/C13H18F2N2.ClH/c1-9-7-17(5-4-13(9)16)8-10-2-3-11(14)6-12(10)15;/h2-3,6,9,13H,4-5,7-8,16H2,1H3;1H. The van der Waals surface area contributed by atoms with Crippen LogP contribution in [0.1, 0.15) is 18.9 Å². The predicted octanol–water partition coefficient (Wildman–Crippen LogP) is 2.56. The average Bonchev–Trinajstić information content (AvgIpc) is 2.27. The van der Waals surface area contributed by atoms with Crippen LogP contribution in [0.3, 0.4) is 0 Å². The molecule has 1 saturated heterocycles. The number of nitrogens with zero attached hydrogens (tertiary/aromatic N) is 1. The Bertz CT molecular complexity index is 401. The van der Waals surface area contributed by atoms with Crippen molar-refractivity contribution in [1.82, 2.24) is 4.90 Å². The van der Waals surface area contributed by atoms with Crippen LogP contribution in [0.2, 0.25) is 0 Å². The summed E-state index contributed by atoms with van der Waals surface area (Å²) in [6.07, 6.45) is 0.935. The molecule has 1 aliphatic rings. The van der Waals surface area contributed by atoms with Gasteiger partial charge in [0, 0.05) is 30.8 Å². The Morgan fingerprint density at radius 3 is 2.72 bits per heavy atom. The molecule has 5 heteroatoms. The molecule has 0 spiro atoms. The molecule has 1 aromatic rings. The molecule has 1 aromatic carbocycles. The monoisotopic (exact) mass is 276 g/mol. The van der Waals surface area contributed by atoms with E-state index >= 15 is 0 Å². The van der Waals surface area contributed by atoms with E-state index in [2.05, 4.69) is 11.8 Å². The van der Waals surface area contributed by atoms with Gasteiger partial charge in [-0.25, -0.2) is 8.78 Å². The van der Waals surface area contributed by atoms with Gasteiger partial charge in [0.15, 0.2) is 0 Å². The number of piperidine rings is 1. The first-order valence-corrected chi connectivity index (χ1v) is 5.98. The van der Waals surface area contributed by atoms with Gasteiger partial charge in [0.25, 0.3) is 0 Å². The third-order valence-electron chi connectivity index (χ3n) is 3.46. The quantitative estimate of drug-likeness (QED) is 0.900. The molecule has 1 aliphatic heterocycles. The van der Waals surface area contributed by atoms with Gasteiger partial charge in [-0.05, 0) is 24.9 Å². The summed E-state index contributed by atoms with van der Waals surface area (Å²) < 4.78 is 26.3. The number of hydrogen-bond acceptors (Lipinski definition) is 2. The fourth-order valence-corrected chi connectivity index (χ4v) is 2.28. The Morgan fingerprint density at radius 1 is 1.39 bits per heavy atom. The van der Waals surface area contributed by atoms with Crippen LogP contribution in [-0.2, 0) is 6.54 Å². The lowest BCUT2D eigenvalue weighted by atomic mass is 9.94. The van der Waals surface area contributed by atoms with Crippen LogP contribution in [0.5, 0.6) is 0 Å². The smallest absolute Gasteiger partial charge is 0.130 e. The lowest BCUT2D eigenvalue weighted by Gasteiger charge is -2.35. The fourth-order valence-electron chi connectivity index (χ4n) is 2.28. The average molecular weight is 277 g/mol. The highest BCUT2D eigenvalue weighted by Gasteiger charge is 2.23. The minimum Gasteiger partial charge on any atom is -0.327 e.